The molecule has 1 nitrogen and oxygen atoms in total. The Kier molecular flexibility index (Phi) is 2.84. The van der Waals surface area contributed by atoms with Crippen LogP contribution in [-0.2, 0) is 10.8 Å². The Morgan fingerprint density at radius 3 is 2.00 bits per heavy atom. The van der Waals surface area contributed by atoms with Gasteiger partial charge in [0.1, 0.15) is 11.3 Å². The molecule has 0 aliphatic rings. The smallest absolute Gasteiger partial charge is 0.134 e. The fourth-order valence-electron chi connectivity index (χ4n) is 2.64. The minimum Gasteiger partial charge on any atom is -0.460 e. The third-order valence-corrected chi connectivity index (χ3v) is 3.44. The molecule has 0 N–H and O–H groups in total. The molecule has 0 fully saturated rings. The summed E-state index contributed by atoms with van der Waals surface area (Å²) in [5, 5.41) is 1.30. The molecule has 0 atom stereocenters. The molecule has 0 saturated heterocycles. The van der Waals surface area contributed by atoms with Crippen LogP contribution < -0.4 is 0 Å². The van der Waals surface area contributed by atoms with Gasteiger partial charge in [-0.25, -0.2) is 0 Å². The normalized spacial score (nSPS) is 13.3. The van der Waals surface area contributed by atoms with Gasteiger partial charge in [0.05, 0.1) is 0 Å². The molecule has 1 heterocycles. The molecule has 1 aromatic carbocycles. The average molecular weight is 244 g/mol. The topological polar surface area (TPSA) is 13.1 Å². The maximum absolute atomic E-state index is 6.10. The van der Waals surface area contributed by atoms with Crippen molar-refractivity contribution in [2.75, 3.05) is 0 Å². The summed E-state index contributed by atoms with van der Waals surface area (Å²) in [5.41, 5.74) is 3.88. The van der Waals surface area contributed by atoms with Crippen LogP contribution in [0, 0.1) is 6.92 Å². The van der Waals surface area contributed by atoms with Gasteiger partial charge in [-0.1, -0.05) is 53.7 Å². The van der Waals surface area contributed by atoms with Crippen LogP contribution in [0.25, 0.3) is 11.0 Å². The monoisotopic (exact) mass is 244 g/mol. The largest absolute Gasteiger partial charge is 0.460 e. The highest BCUT2D eigenvalue weighted by Crippen LogP contribution is 2.38. The Morgan fingerprint density at radius 1 is 0.889 bits per heavy atom. The summed E-state index contributed by atoms with van der Waals surface area (Å²) in [4.78, 5) is 0. The standard InChI is InChI=1S/C17H24O/c1-11-14-12(16(2,3)4)9-8-10-13(14)18-15(11)17(5,6)7/h8-10H,1-7H3. The van der Waals surface area contributed by atoms with Crippen LogP contribution in [-0.4, -0.2) is 0 Å². The molecule has 2 rings (SSSR count). The van der Waals surface area contributed by atoms with E-state index >= 15 is 0 Å². The molecule has 0 amide bonds. The lowest BCUT2D eigenvalue weighted by atomic mass is 9.82. The second-order valence-electron chi connectivity index (χ2n) is 7.23. The molecule has 0 aliphatic carbocycles. The number of furan rings is 1. The zero-order chi connectivity index (χ0) is 13.7. The minimum atomic E-state index is 0.0538. The fourth-order valence-corrected chi connectivity index (χ4v) is 2.64. The number of hydrogen-bond donors (Lipinski definition) is 0. The highest BCUT2D eigenvalue weighted by molar-refractivity contribution is 5.86. The molecule has 1 heteroatoms. The third kappa shape index (κ3) is 2.07. The summed E-state index contributed by atoms with van der Waals surface area (Å²) in [6.07, 6.45) is 0. The van der Waals surface area contributed by atoms with Gasteiger partial charge in [-0.15, -0.1) is 0 Å². The van der Waals surface area contributed by atoms with Crippen LogP contribution >= 0.6 is 0 Å². The van der Waals surface area contributed by atoms with Crippen molar-refractivity contribution in [3.05, 3.63) is 35.1 Å². The second kappa shape index (κ2) is 3.88. The summed E-state index contributed by atoms with van der Waals surface area (Å²) in [5.74, 6) is 1.11. The van der Waals surface area contributed by atoms with Crippen molar-refractivity contribution in [3.8, 4) is 0 Å². The Hall–Kier alpha value is -1.24. The molecule has 0 radical (unpaired) electrons. The molecule has 98 valence electrons. The van der Waals surface area contributed by atoms with E-state index in [1.54, 1.807) is 0 Å². The SMILES string of the molecule is Cc1c(C(C)(C)C)oc2cccc(C(C)(C)C)c12. The molecule has 0 spiro atoms. The van der Waals surface area contributed by atoms with E-state index in [4.69, 9.17) is 4.42 Å². The molecule has 0 aliphatic heterocycles. The van der Waals surface area contributed by atoms with Crippen LogP contribution in [0.4, 0.5) is 0 Å². The highest BCUT2D eigenvalue weighted by atomic mass is 16.3. The van der Waals surface area contributed by atoms with Crippen molar-refractivity contribution in [1.29, 1.82) is 0 Å². The van der Waals surface area contributed by atoms with Gasteiger partial charge in [-0.05, 0) is 29.5 Å². The van der Waals surface area contributed by atoms with Gasteiger partial charge in [0.25, 0.3) is 0 Å². The molecule has 0 bridgehead atoms. The number of hydrogen-bond acceptors (Lipinski definition) is 1. The van der Waals surface area contributed by atoms with E-state index < -0.39 is 0 Å². The first-order valence-electron chi connectivity index (χ1n) is 6.65. The Bertz CT molecular complexity index is 574. The number of fused-ring (bicyclic) bond motifs is 1. The zero-order valence-corrected chi connectivity index (χ0v) is 12.6. The van der Waals surface area contributed by atoms with Crippen molar-refractivity contribution >= 4 is 11.0 Å². The van der Waals surface area contributed by atoms with Gasteiger partial charge in [-0.2, -0.15) is 0 Å². The Morgan fingerprint density at radius 2 is 1.50 bits per heavy atom. The van der Waals surface area contributed by atoms with Gasteiger partial charge in [0.15, 0.2) is 0 Å². The zero-order valence-electron chi connectivity index (χ0n) is 12.6. The van der Waals surface area contributed by atoms with Crippen molar-refractivity contribution < 1.29 is 4.42 Å². The van der Waals surface area contributed by atoms with Crippen molar-refractivity contribution in [3.63, 3.8) is 0 Å². The van der Waals surface area contributed by atoms with Crippen LogP contribution in [0.2, 0.25) is 0 Å². The lowest BCUT2D eigenvalue weighted by Gasteiger charge is -2.20. The lowest BCUT2D eigenvalue weighted by Crippen LogP contribution is -2.13. The fraction of sp³-hybridized carbons (Fsp3) is 0.529. The maximum atomic E-state index is 6.10. The minimum absolute atomic E-state index is 0.0538. The second-order valence-corrected chi connectivity index (χ2v) is 7.23. The first-order valence-corrected chi connectivity index (χ1v) is 6.65. The van der Waals surface area contributed by atoms with Crippen LogP contribution in [0.15, 0.2) is 22.6 Å². The first-order chi connectivity index (χ1) is 8.12. The van der Waals surface area contributed by atoms with Crippen molar-refractivity contribution in [2.24, 2.45) is 0 Å². The molecular weight excluding hydrogens is 220 g/mol. The van der Waals surface area contributed by atoms with E-state index in [1.165, 1.54) is 16.5 Å². The molecule has 2 aromatic rings. The van der Waals surface area contributed by atoms with E-state index in [0.717, 1.165) is 11.3 Å². The Labute approximate surface area is 110 Å². The van der Waals surface area contributed by atoms with Gasteiger partial charge >= 0.3 is 0 Å². The van der Waals surface area contributed by atoms with Crippen LogP contribution in [0.1, 0.15) is 58.4 Å². The van der Waals surface area contributed by atoms with E-state index in [0.29, 0.717) is 0 Å². The number of rotatable bonds is 0. The molecule has 18 heavy (non-hydrogen) atoms. The van der Waals surface area contributed by atoms with Gasteiger partial charge < -0.3 is 4.42 Å². The van der Waals surface area contributed by atoms with Crippen molar-refractivity contribution in [2.45, 2.75) is 59.3 Å². The molecule has 1 aromatic heterocycles. The van der Waals surface area contributed by atoms with Gasteiger partial charge in [0, 0.05) is 10.8 Å². The summed E-state index contributed by atoms with van der Waals surface area (Å²) < 4.78 is 6.10. The number of aryl methyl sites for hydroxylation is 1. The summed E-state index contributed by atoms with van der Waals surface area (Å²) in [7, 11) is 0. The van der Waals surface area contributed by atoms with Crippen LogP contribution in [0.5, 0.6) is 0 Å². The quantitative estimate of drug-likeness (QED) is 0.610. The average Bonchev–Trinajstić information content (AvgIpc) is 2.54. The van der Waals surface area contributed by atoms with E-state index in [9.17, 15) is 0 Å². The lowest BCUT2D eigenvalue weighted by molar-refractivity contribution is 0.426. The Balaban J connectivity index is 2.83. The van der Waals surface area contributed by atoms with Crippen LogP contribution in [0.3, 0.4) is 0 Å². The first kappa shape index (κ1) is 13.2. The summed E-state index contributed by atoms with van der Waals surface area (Å²) in [6, 6.07) is 6.39. The predicted octanol–water partition coefficient (Wildman–Crippen LogP) is 5.34. The van der Waals surface area contributed by atoms with Crippen molar-refractivity contribution in [1.82, 2.24) is 0 Å². The van der Waals surface area contributed by atoms with E-state index in [2.05, 4.69) is 66.7 Å². The van der Waals surface area contributed by atoms with Gasteiger partial charge in [-0.3, -0.25) is 0 Å². The van der Waals surface area contributed by atoms with Gasteiger partial charge in [0.2, 0.25) is 0 Å². The van der Waals surface area contributed by atoms with E-state index in [-0.39, 0.29) is 10.8 Å². The molecule has 0 saturated carbocycles. The summed E-state index contributed by atoms with van der Waals surface area (Å²) in [6.45, 7) is 15.6. The number of benzene rings is 1. The highest BCUT2D eigenvalue weighted by Gasteiger charge is 2.26. The maximum Gasteiger partial charge on any atom is 0.134 e. The molecular formula is C17H24O. The third-order valence-electron chi connectivity index (χ3n) is 3.44. The predicted molar refractivity (Wildman–Crippen MR) is 78.4 cm³/mol. The molecule has 0 unspecified atom stereocenters. The summed E-state index contributed by atoms with van der Waals surface area (Å²) >= 11 is 0. The van der Waals surface area contributed by atoms with E-state index in [1.807, 2.05) is 0 Å².